The van der Waals surface area contributed by atoms with Gasteiger partial charge in [-0.2, -0.15) is 0 Å². The number of aryl methyl sites for hydroxylation is 1. The first-order valence-corrected chi connectivity index (χ1v) is 6.97. The SMILES string of the molecule is Cc1ccc(C(=O)NN(C(N)=S)c2c(Cl)cccc2Cl)o1. The lowest BCUT2D eigenvalue weighted by Crippen LogP contribution is -2.49. The van der Waals surface area contributed by atoms with Gasteiger partial charge < -0.3 is 10.2 Å². The second-order valence-corrected chi connectivity index (χ2v) is 5.33. The molecule has 0 spiro atoms. The van der Waals surface area contributed by atoms with Crippen LogP contribution >= 0.6 is 35.4 Å². The van der Waals surface area contributed by atoms with E-state index in [1.54, 1.807) is 31.2 Å². The van der Waals surface area contributed by atoms with Gasteiger partial charge in [0.25, 0.3) is 0 Å². The molecule has 0 saturated heterocycles. The number of carbonyl (C=O) groups excluding carboxylic acids is 1. The van der Waals surface area contributed by atoms with Crippen LogP contribution in [-0.2, 0) is 0 Å². The molecule has 8 heteroatoms. The Bertz CT molecular complexity index is 682. The first-order valence-electron chi connectivity index (χ1n) is 5.81. The predicted octanol–water partition coefficient (Wildman–Crippen LogP) is 3.29. The van der Waals surface area contributed by atoms with Crippen molar-refractivity contribution in [3.63, 3.8) is 0 Å². The lowest BCUT2D eigenvalue weighted by Gasteiger charge is -2.24. The van der Waals surface area contributed by atoms with Crippen molar-refractivity contribution < 1.29 is 9.21 Å². The van der Waals surface area contributed by atoms with Crippen molar-refractivity contribution in [2.75, 3.05) is 5.01 Å². The topological polar surface area (TPSA) is 71.5 Å². The van der Waals surface area contributed by atoms with E-state index >= 15 is 0 Å². The van der Waals surface area contributed by atoms with Gasteiger partial charge in [0.05, 0.1) is 10.0 Å². The van der Waals surface area contributed by atoms with E-state index in [0.29, 0.717) is 21.5 Å². The standard InChI is InChI=1S/C13H11Cl2N3O2S/c1-7-5-6-10(20-7)12(19)17-18(13(16)21)11-8(14)3-2-4-9(11)15/h2-6H,1H3,(H2,16,21)(H,17,19). The fraction of sp³-hybridized carbons (Fsp3) is 0.0769. The van der Waals surface area contributed by atoms with Crippen molar-refractivity contribution in [1.82, 2.24) is 5.43 Å². The molecule has 21 heavy (non-hydrogen) atoms. The zero-order valence-electron chi connectivity index (χ0n) is 10.9. The summed E-state index contributed by atoms with van der Waals surface area (Å²) in [4.78, 5) is 12.1. The van der Waals surface area contributed by atoms with E-state index < -0.39 is 5.91 Å². The molecule has 0 aliphatic rings. The smallest absolute Gasteiger partial charge is 0.305 e. The number of nitrogens with zero attached hydrogens (tertiary/aromatic N) is 1. The van der Waals surface area contributed by atoms with E-state index in [9.17, 15) is 4.79 Å². The van der Waals surface area contributed by atoms with Crippen LogP contribution in [0.3, 0.4) is 0 Å². The summed E-state index contributed by atoms with van der Waals surface area (Å²) in [5, 5.41) is 1.62. The molecule has 1 heterocycles. The number of nitrogens with one attached hydrogen (secondary N) is 1. The normalized spacial score (nSPS) is 10.2. The summed E-state index contributed by atoms with van der Waals surface area (Å²) in [6.45, 7) is 1.73. The second-order valence-electron chi connectivity index (χ2n) is 4.10. The number of hydrogen-bond donors (Lipinski definition) is 2. The summed E-state index contributed by atoms with van der Waals surface area (Å²) < 4.78 is 5.23. The largest absolute Gasteiger partial charge is 0.456 e. The van der Waals surface area contributed by atoms with Gasteiger partial charge in [0.15, 0.2) is 10.9 Å². The highest BCUT2D eigenvalue weighted by Crippen LogP contribution is 2.32. The molecule has 2 aromatic rings. The number of para-hydroxylation sites is 1. The third-order valence-electron chi connectivity index (χ3n) is 2.56. The van der Waals surface area contributed by atoms with Gasteiger partial charge in [0.2, 0.25) is 0 Å². The van der Waals surface area contributed by atoms with Crippen LogP contribution in [-0.4, -0.2) is 11.0 Å². The Hall–Kier alpha value is -1.76. The number of furan rings is 1. The summed E-state index contributed by atoms with van der Waals surface area (Å²) in [5.41, 5.74) is 8.44. The fourth-order valence-corrected chi connectivity index (χ4v) is 2.34. The maximum absolute atomic E-state index is 12.1. The highest BCUT2D eigenvalue weighted by Gasteiger charge is 2.21. The highest BCUT2D eigenvalue weighted by molar-refractivity contribution is 7.80. The molecule has 0 atom stereocenters. The highest BCUT2D eigenvalue weighted by atomic mass is 35.5. The first kappa shape index (κ1) is 15.6. The number of anilines is 1. The lowest BCUT2D eigenvalue weighted by atomic mass is 10.3. The van der Waals surface area contributed by atoms with Crippen LogP contribution in [0.4, 0.5) is 5.69 Å². The van der Waals surface area contributed by atoms with Gasteiger partial charge in [-0.1, -0.05) is 29.3 Å². The molecular formula is C13H11Cl2N3O2S. The Balaban J connectivity index is 2.32. The monoisotopic (exact) mass is 343 g/mol. The summed E-state index contributed by atoms with van der Waals surface area (Å²) >= 11 is 17.1. The van der Waals surface area contributed by atoms with Crippen LogP contribution in [0.25, 0.3) is 0 Å². The summed E-state index contributed by atoms with van der Waals surface area (Å²) in [6.07, 6.45) is 0. The number of hydrazine groups is 1. The maximum atomic E-state index is 12.1. The van der Waals surface area contributed by atoms with Crippen LogP contribution in [0.1, 0.15) is 16.3 Å². The molecular weight excluding hydrogens is 333 g/mol. The third-order valence-corrected chi connectivity index (χ3v) is 3.35. The number of thiocarbonyl (C=S) groups is 1. The molecule has 0 aliphatic heterocycles. The number of amides is 1. The Morgan fingerprint density at radius 1 is 1.29 bits per heavy atom. The van der Waals surface area contributed by atoms with Crippen LogP contribution in [0, 0.1) is 6.92 Å². The van der Waals surface area contributed by atoms with Crippen molar-refractivity contribution in [3.8, 4) is 0 Å². The van der Waals surface area contributed by atoms with Gasteiger partial charge in [0, 0.05) is 0 Å². The summed E-state index contributed by atoms with van der Waals surface area (Å²) in [7, 11) is 0. The Morgan fingerprint density at radius 2 is 1.90 bits per heavy atom. The molecule has 5 nitrogen and oxygen atoms in total. The molecule has 0 bridgehead atoms. The van der Waals surface area contributed by atoms with Gasteiger partial charge in [-0.3, -0.25) is 10.2 Å². The van der Waals surface area contributed by atoms with E-state index in [4.69, 9.17) is 45.6 Å². The van der Waals surface area contributed by atoms with Gasteiger partial charge in [0.1, 0.15) is 11.4 Å². The number of nitrogens with two attached hydrogens (primary N) is 1. The van der Waals surface area contributed by atoms with Gasteiger partial charge >= 0.3 is 5.91 Å². The van der Waals surface area contributed by atoms with E-state index in [2.05, 4.69) is 5.43 Å². The number of rotatable bonds is 2. The Kier molecular flexibility index (Phi) is 4.72. The average Bonchev–Trinajstić information content (AvgIpc) is 2.83. The zero-order chi connectivity index (χ0) is 15.6. The number of hydrogen-bond acceptors (Lipinski definition) is 3. The molecule has 1 amide bonds. The molecule has 0 aliphatic carbocycles. The minimum atomic E-state index is -0.521. The quantitative estimate of drug-likeness (QED) is 0.646. The minimum absolute atomic E-state index is 0.110. The van der Waals surface area contributed by atoms with Crippen LogP contribution in [0.5, 0.6) is 0 Å². The Labute approximate surface area is 136 Å². The van der Waals surface area contributed by atoms with Crippen LogP contribution < -0.4 is 16.2 Å². The Morgan fingerprint density at radius 3 is 2.38 bits per heavy atom. The van der Waals surface area contributed by atoms with E-state index in [0.717, 1.165) is 5.01 Å². The van der Waals surface area contributed by atoms with Crippen molar-refractivity contribution in [1.29, 1.82) is 0 Å². The van der Waals surface area contributed by atoms with Crippen molar-refractivity contribution in [2.45, 2.75) is 6.92 Å². The third kappa shape index (κ3) is 3.47. The molecule has 1 aromatic carbocycles. The molecule has 0 saturated carbocycles. The van der Waals surface area contributed by atoms with E-state index in [-0.39, 0.29) is 10.9 Å². The second kappa shape index (κ2) is 6.34. The number of halogens is 2. The predicted molar refractivity (Wildman–Crippen MR) is 86.6 cm³/mol. The van der Waals surface area contributed by atoms with E-state index in [1.165, 1.54) is 6.07 Å². The summed E-state index contributed by atoms with van der Waals surface area (Å²) in [6, 6.07) is 8.09. The minimum Gasteiger partial charge on any atom is -0.456 e. The van der Waals surface area contributed by atoms with Crippen LogP contribution in [0.2, 0.25) is 10.0 Å². The van der Waals surface area contributed by atoms with Gasteiger partial charge in [-0.05, 0) is 43.4 Å². The van der Waals surface area contributed by atoms with Gasteiger partial charge in [-0.15, -0.1) is 0 Å². The summed E-state index contributed by atoms with van der Waals surface area (Å²) in [5.74, 6) is 0.210. The van der Waals surface area contributed by atoms with E-state index in [1.807, 2.05) is 0 Å². The molecule has 110 valence electrons. The lowest BCUT2D eigenvalue weighted by molar-refractivity contribution is 0.0926. The molecule has 0 unspecified atom stereocenters. The molecule has 1 aromatic heterocycles. The average molecular weight is 344 g/mol. The number of benzene rings is 1. The molecule has 2 rings (SSSR count). The fourth-order valence-electron chi connectivity index (χ4n) is 1.64. The first-order chi connectivity index (χ1) is 9.90. The van der Waals surface area contributed by atoms with Crippen molar-refractivity contribution in [3.05, 3.63) is 51.9 Å². The molecule has 3 N–H and O–H groups in total. The van der Waals surface area contributed by atoms with Crippen molar-refractivity contribution >= 4 is 52.1 Å². The van der Waals surface area contributed by atoms with Crippen molar-refractivity contribution in [2.24, 2.45) is 5.73 Å². The maximum Gasteiger partial charge on any atom is 0.305 e. The number of carbonyl (C=O) groups is 1. The van der Waals surface area contributed by atoms with Gasteiger partial charge in [-0.25, -0.2) is 5.01 Å². The molecule has 0 fully saturated rings. The zero-order valence-corrected chi connectivity index (χ0v) is 13.2. The van der Waals surface area contributed by atoms with Crippen LogP contribution in [0.15, 0.2) is 34.7 Å². The molecule has 0 radical (unpaired) electrons.